The maximum atomic E-state index is 12.6. The van der Waals surface area contributed by atoms with Crippen molar-refractivity contribution < 1.29 is 4.79 Å². The van der Waals surface area contributed by atoms with Crippen LogP contribution in [0.5, 0.6) is 0 Å². The van der Waals surface area contributed by atoms with Crippen LogP contribution in [-0.4, -0.2) is 28.1 Å². The molecule has 0 radical (unpaired) electrons. The minimum absolute atomic E-state index is 0.125. The number of halogens is 3. The number of aliphatic imine (C=N–C) groups is 2. The molecule has 4 rings (SSSR count). The van der Waals surface area contributed by atoms with Gasteiger partial charge in [0.15, 0.2) is 5.66 Å². The van der Waals surface area contributed by atoms with Crippen LogP contribution < -0.4 is 5.32 Å². The molecule has 0 unspecified atom stereocenters. The summed E-state index contributed by atoms with van der Waals surface area (Å²) in [5.41, 5.74) is 2.15. The molecular formula is C23H22BrCl2N3OS. The van der Waals surface area contributed by atoms with Crippen LogP contribution in [0.3, 0.4) is 0 Å². The molecule has 0 atom stereocenters. The zero-order valence-electron chi connectivity index (χ0n) is 17.0. The molecule has 4 nitrogen and oxygen atoms in total. The number of hydrogen-bond acceptors (Lipinski definition) is 4. The summed E-state index contributed by atoms with van der Waals surface area (Å²) in [5.74, 6) is 0.821. The summed E-state index contributed by atoms with van der Waals surface area (Å²) < 4.78 is 1.02. The SMILES string of the molecule is CC1CCC2(CC1)N=C(SCC(=O)Nc1ccc(Cl)c(Cl)c1)C(c1ccc(Br)cc1)=N2. The normalized spacial score (nSPS) is 22.9. The third-order valence-corrected chi connectivity index (χ3v) is 7.80. The molecule has 2 aliphatic rings. The number of rotatable bonds is 4. The Hall–Kier alpha value is -1.34. The summed E-state index contributed by atoms with van der Waals surface area (Å²) in [5, 5.41) is 4.57. The van der Waals surface area contributed by atoms with E-state index in [1.807, 2.05) is 24.3 Å². The highest BCUT2D eigenvalue weighted by atomic mass is 79.9. The van der Waals surface area contributed by atoms with Crippen molar-refractivity contribution in [2.24, 2.45) is 15.9 Å². The van der Waals surface area contributed by atoms with E-state index in [-0.39, 0.29) is 17.3 Å². The van der Waals surface area contributed by atoms with Crippen LogP contribution in [-0.2, 0) is 4.79 Å². The molecule has 1 amide bonds. The monoisotopic (exact) mass is 537 g/mol. The number of amides is 1. The average Bonchev–Trinajstić information content (AvgIpc) is 3.10. The van der Waals surface area contributed by atoms with Gasteiger partial charge in [0, 0.05) is 15.7 Å². The van der Waals surface area contributed by atoms with E-state index in [4.69, 9.17) is 33.2 Å². The lowest BCUT2D eigenvalue weighted by atomic mass is 9.83. The Bertz CT molecular complexity index is 1050. The second kappa shape index (κ2) is 9.65. The molecule has 2 aromatic rings. The van der Waals surface area contributed by atoms with E-state index in [2.05, 4.69) is 28.2 Å². The van der Waals surface area contributed by atoms with Crippen molar-refractivity contribution in [1.29, 1.82) is 0 Å². The number of anilines is 1. The van der Waals surface area contributed by atoms with E-state index in [9.17, 15) is 4.79 Å². The molecule has 1 saturated carbocycles. The number of benzene rings is 2. The quantitative estimate of drug-likeness (QED) is 0.446. The van der Waals surface area contributed by atoms with Crippen molar-refractivity contribution in [2.45, 2.75) is 38.3 Å². The van der Waals surface area contributed by atoms with Crippen LogP contribution in [0.1, 0.15) is 38.2 Å². The molecule has 1 fully saturated rings. The third kappa shape index (κ3) is 5.54. The Morgan fingerprint density at radius 2 is 1.84 bits per heavy atom. The van der Waals surface area contributed by atoms with Crippen LogP contribution in [0.2, 0.25) is 10.0 Å². The van der Waals surface area contributed by atoms with Gasteiger partial charge in [0.2, 0.25) is 5.91 Å². The van der Waals surface area contributed by atoms with Crippen molar-refractivity contribution >= 4 is 73.2 Å². The van der Waals surface area contributed by atoms with E-state index in [1.165, 1.54) is 11.8 Å². The number of carbonyl (C=O) groups excluding carboxylic acids is 1. The summed E-state index contributed by atoms with van der Waals surface area (Å²) in [6.07, 6.45) is 4.15. The molecule has 1 heterocycles. The maximum Gasteiger partial charge on any atom is 0.234 e. The van der Waals surface area contributed by atoms with Gasteiger partial charge in [0.05, 0.1) is 21.5 Å². The van der Waals surface area contributed by atoms with Crippen LogP contribution in [0.4, 0.5) is 5.69 Å². The highest BCUT2D eigenvalue weighted by molar-refractivity contribution is 9.10. The fourth-order valence-electron chi connectivity index (χ4n) is 3.77. The molecule has 0 bridgehead atoms. The van der Waals surface area contributed by atoms with Gasteiger partial charge < -0.3 is 5.32 Å². The van der Waals surface area contributed by atoms with Crippen molar-refractivity contribution in [2.75, 3.05) is 11.1 Å². The fourth-order valence-corrected chi connectivity index (χ4v) is 5.21. The smallest absolute Gasteiger partial charge is 0.234 e. The Kier molecular flexibility index (Phi) is 7.11. The Morgan fingerprint density at radius 3 is 2.52 bits per heavy atom. The van der Waals surface area contributed by atoms with Gasteiger partial charge >= 0.3 is 0 Å². The first kappa shape index (κ1) is 22.8. The summed E-state index contributed by atoms with van der Waals surface area (Å²) in [6.45, 7) is 2.29. The predicted molar refractivity (Wildman–Crippen MR) is 136 cm³/mol. The third-order valence-electron chi connectivity index (χ3n) is 5.57. The zero-order chi connectivity index (χ0) is 22.0. The molecular weight excluding hydrogens is 517 g/mol. The highest BCUT2D eigenvalue weighted by Gasteiger charge is 2.39. The molecule has 31 heavy (non-hydrogen) atoms. The molecule has 1 spiro atoms. The lowest BCUT2D eigenvalue weighted by Crippen LogP contribution is -2.28. The second-order valence-corrected chi connectivity index (χ2v) is 10.7. The highest BCUT2D eigenvalue weighted by Crippen LogP contribution is 2.40. The van der Waals surface area contributed by atoms with Gasteiger partial charge in [-0.3, -0.25) is 9.79 Å². The maximum absolute atomic E-state index is 12.6. The van der Waals surface area contributed by atoms with E-state index in [1.54, 1.807) is 18.2 Å². The molecule has 1 N–H and O–H groups in total. The fraction of sp³-hybridized carbons (Fsp3) is 0.348. The standard InChI is InChI=1S/C23H22BrCl2N3OS/c1-14-8-10-23(11-9-14)28-21(15-2-4-16(24)5-3-15)22(29-23)31-13-20(30)27-17-6-7-18(25)19(26)12-17/h2-7,12,14H,8-11,13H2,1H3,(H,27,30). The molecule has 0 saturated heterocycles. The molecule has 162 valence electrons. The Balaban J connectivity index is 1.50. The number of carbonyl (C=O) groups is 1. The zero-order valence-corrected chi connectivity index (χ0v) is 20.9. The second-order valence-electron chi connectivity index (χ2n) is 8.01. The summed E-state index contributed by atoms with van der Waals surface area (Å²) in [7, 11) is 0. The first-order valence-electron chi connectivity index (χ1n) is 10.2. The average molecular weight is 539 g/mol. The van der Waals surface area contributed by atoms with Crippen molar-refractivity contribution in [3.63, 3.8) is 0 Å². The van der Waals surface area contributed by atoms with E-state index in [0.29, 0.717) is 21.7 Å². The molecule has 8 heteroatoms. The summed E-state index contributed by atoms with van der Waals surface area (Å²) in [4.78, 5) is 22.7. The largest absolute Gasteiger partial charge is 0.325 e. The lowest BCUT2D eigenvalue weighted by Gasteiger charge is -2.30. The van der Waals surface area contributed by atoms with Crippen molar-refractivity contribution in [3.8, 4) is 0 Å². The van der Waals surface area contributed by atoms with Crippen LogP contribution in [0, 0.1) is 5.92 Å². The predicted octanol–water partition coefficient (Wildman–Crippen LogP) is 7.24. The first-order valence-corrected chi connectivity index (χ1v) is 12.7. The van der Waals surface area contributed by atoms with Gasteiger partial charge in [-0.15, -0.1) is 0 Å². The van der Waals surface area contributed by atoms with Gasteiger partial charge in [-0.2, -0.15) is 0 Å². The topological polar surface area (TPSA) is 53.8 Å². The summed E-state index contributed by atoms with van der Waals surface area (Å²) >= 11 is 16.9. The minimum Gasteiger partial charge on any atom is -0.325 e. The van der Waals surface area contributed by atoms with Crippen LogP contribution in [0.15, 0.2) is 56.9 Å². The number of nitrogens with zero attached hydrogens (tertiary/aromatic N) is 2. The summed E-state index contributed by atoms with van der Waals surface area (Å²) in [6, 6.07) is 13.1. The van der Waals surface area contributed by atoms with Crippen molar-refractivity contribution in [3.05, 3.63) is 62.5 Å². The van der Waals surface area contributed by atoms with Gasteiger partial charge in [0.1, 0.15) is 5.04 Å². The number of thioether (sulfide) groups is 1. The van der Waals surface area contributed by atoms with E-state index in [0.717, 1.165) is 46.5 Å². The molecule has 2 aromatic carbocycles. The molecule has 1 aliphatic carbocycles. The van der Waals surface area contributed by atoms with Crippen molar-refractivity contribution in [1.82, 2.24) is 0 Å². The van der Waals surface area contributed by atoms with E-state index >= 15 is 0 Å². The van der Waals surface area contributed by atoms with Gasteiger partial charge in [0.25, 0.3) is 0 Å². The lowest BCUT2D eigenvalue weighted by molar-refractivity contribution is -0.113. The van der Waals surface area contributed by atoms with Gasteiger partial charge in [-0.1, -0.05) is 70.0 Å². The van der Waals surface area contributed by atoms with Gasteiger partial charge in [-0.05, 0) is 61.9 Å². The van der Waals surface area contributed by atoms with Crippen LogP contribution >= 0.6 is 50.9 Å². The van der Waals surface area contributed by atoms with Crippen LogP contribution in [0.25, 0.3) is 0 Å². The minimum atomic E-state index is -0.378. The Morgan fingerprint density at radius 1 is 1.13 bits per heavy atom. The molecule has 1 aliphatic heterocycles. The van der Waals surface area contributed by atoms with E-state index < -0.39 is 0 Å². The molecule has 0 aromatic heterocycles. The number of nitrogens with one attached hydrogen (secondary N) is 1. The number of hydrogen-bond donors (Lipinski definition) is 1. The first-order chi connectivity index (χ1) is 14.8. The Labute approximate surface area is 205 Å². The van der Waals surface area contributed by atoms with Gasteiger partial charge in [-0.25, -0.2) is 4.99 Å².